The molecule has 0 bridgehead atoms. The summed E-state index contributed by atoms with van der Waals surface area (Å²) in [6, 6.07) is 0. The van der Waals surface area contributed by atoms with Crippen LogP contribution in [0.1, 0.15) is 6.23 Å². The first-order valence-electron chi connectivity index (χ1n) is 9.51. The number of aliphatic hydroxyl groups excluding tert-OH is 7. The largest absolute Gasteiger partial charge is 0.470 e. The van der Waals surface area contributed by atoms with Gasteiger partial charge in [0.15, 0.2) is 17.4 Å². The zero-order chi connectivity index (χ0) is 25.8. The summed E-state index contributed by atoms with van der Waals surface area (Å²) in [5, 5.41) is 61.9. The Kier molecular flexibility index (Phi) is 9.60. The normalized spacial score (nSPS) is 25.6. The van der Waals surface area contributed by atoms with Crippen molar-refractivity contribution in [3.8, 4) is 0 Å². The van der Waals surface area contributed by atoms with Gasteiger partial charge in [0, 0.05) is 0 Å². The fraction of sp³-hybridized carbons (Fsp3) is 0.667. The predicted octanol–water partition coefficient (Wildman–Crippen LogP) is -5.52. The van der Waals surface area contributed by atoms with E-state index in [1.807, 2.05) is 0 Å². The van der Waals surface area contributed by atoms with Gasteiger partial charge in [0.2, 0.25) is 5.95 Å². The van der Waals surface area contributed by atoms with Crippen molar-refractivity contribution in [1.82, 2.24) is 19.5 Å². The number of aliphatic hydroxyl groups is 7. The number of fused-ring (bicyclic) bond motifs is 1. The van der Waals surface area contributed by atoms with Crippen LogP contribution in [0, 0.1) is 0 Å². The van der Waals surface area contributed by atoms with Crippen molar-refractivity contribution in [2.24, 2.45) is 0 Å². The number of anilines is 1. The summed E-state index contributed by atoms with van der Waals surface area (Å²) < 4.78 is 22.2. The van der Waals surface area contributed by atoms with Crippen LogP contribution < -0.4 is 11.3 Å². The third kappa shape index (κ3) is 6.54. The highest BCUT2D eigenvalue weighted by Crippen LogP contribution is 2.44. The van der Waals surface area contributed by atoms with Crippen LogP contribution in [0.3, 0.4) is 0 Å². The van der Waals surface area contributed by atoms with E-state index in [0.29, 0.717) is 0 Å². The lowest BCUT2D eigenvalue weighted by Crippen LogP contribution is -2.41. The molecule has 12 N–H and O–H groups in total. The Morgan fingerprint density at radius 1 is 1.21 bits per heavy atom. The molecule has 1 aliphatic heterocycles. The minimum Gasteiger partial charge on any atom is -0.394 e. The van der Waals surface area contributed by atoms with Crippen LogP contribution >= 0.6 is 7.82 Å². The average Bonchev–Trinajstić information content (AvgIpc) is 3.32. The summed E-state index contributed by atoms with van der Waals surface area (Å²) in [6.45, 7) is -1.90. The van der Waals surface area contributed by atoms with Crippen LogP contribution in [0.15, 0.2) is 11.1 Å². The van der Waals surface area contributed by atoms with E-state index in [9.17, 15) is 19.6 Å². The fourth-order valence-corrected chi connectivity index (χ4v) is 3.51. The third-order valence-corrected chi connectivity index (χ3v) is 5.16. The highest BCUT2D eigenvalue weighted by atomic mass is 31.2. The topological polar surface area (TPSA) is 307 Å². The number of hydrogen-bond acceptors (Lipinski definition) is 14. The van der Waals surface area contributed by atoms with Crippen LogP contribution in [0.5, 0.6) is 0 Å². The van der Waals surface area contributed by atoms with Gasteiger partial charge in [0.1, 0.15) is 36.6 Å². The van der Waals surface area contributed by atoms with E-state index >= 15 is 0 Å². The number of nitrogen functional groups attached to an aromatic ring is 1. The van der Waals surface area contributed by atoms with Gasteiger partial charge in [-0.05, 0) is 0 Å². The van der Waals surface area contributed by atoms with Gasteiger partial charge in [0.05, 0.1) is 26.1 Å². The summed E-state index contributed by atoms with van der Waals surface area (Å²) in [4.78, 5) is 39.8. The Labute approximate surface area is 189 Å². The maximum atomic E-state index is 11.8. The Hall–Kier alpha value is -2.06. The van der Waals surface area contributed by atoms with Gasteiger partial charge in [-0.25, -0.2) is 9.55 Å². The monoisotopic (exact) mass is 515 g/mol. The predicted molar refractivity (Wildman–Crippen MR) is 109 cm³/mol. The second kappa shape index (κ2) is 11.6. The van der Waals surface area contributed by atoms with Crippen molar-refractivity contribution >= 4 is 24.9 Å². The van der Waals surface area contributed by atoms with E-state index in [0.717, 1.165) is 10.9 Å². The van der Waals surface area contributed by atoms with E-state index in [1.54, 1.807) is 0 Å². The molecule has 1 fully saturated rings. The zero-order valence-corrected chi connectivity index (χ0v) is 18.2. The van der Waals surface area contributed by atoms with E-state index in [1.165, 1.54) is 0 Å². The molecule has 2 aromatic heterocycles. The van der Waals surface area contributed by atoms with Crippen LogP contribution in [-0.4, -0.2) is 121 Å². The van der Waals surface area contributed by atoms with E-state index in [-0.39, 0.29) is 17.1 Å². The first-order valence-corrected chi connectivity index (χ1v) is 11.0. The van der Waals surface area contributed by atoms with Crippen molar-refractivity contribution in [3.05, 3.63) is 16.7 Å². The summed E-state index contributed by atoms with van der Waals surface area (Å²) in [5.41, 5.74) is 4.72. The van der Waals surface area contributed by atoms with Crippen LogP contribution in [0.2, 0.25) is 0 Å². The second-order valence-corrected chi connectivity index (χ2v) is 8.26. The molecule has 18 nitrogen and oxygen atoms in total. The molecule has 0 spiro atoms. The quantitative estimate of drug-likeness (QED) is 0.146. The number of rotatable bonds is 8. The smallest absolute Gasteiger partial charge is 0.394 e. The molecule has 2 aromatic rings. The number of aromatic amines is 1. The molecule has 0 aromatic carbocycles. The summed E-state index contributed by atoms with van der Waals surface area (Å²) >= 11 is 0. The average molecular weight is 515 g/mol. The number of H-pyrrole nitrogens is 1. The maximum absolute atomic E-state index is 11.8. The Morgan fingerprint density at radius 3 is 2.29 bits per heavy atom. The van der Waals surface area contributed by atoms with Crippen LogP contribution in [-0.2, 0) is 13.8 Å². The fourth-order valence-electron chi connectivity index (χ4n) is 2.97. The number of phosphoric acid groups is 1. The Bertz CT molecular complexity index is 1030. The van der Waals surface area contributed by atoms with Crippen molar-refractivity contribution in [2.45, 2.75) is 42.9 Å². The molecule has 1 saturated heterocycles. The molecule has 19 heteroatoms. The molecule has 7 atom stereocenters. The first-order chi connectivity index (χ1) is 15.8. The van der Waals surface area contributed by atoms with Gasteiger partial charge in [-0.2, -0.15) is 4.98 Å². The number of ether oxygens (including phenoxy) is 1. The number of nitrogens with one attached hydrogen (secondary N) is 1. The lowest BCUT2D eigenvalue weighted by atomic mass is 10.1. The van der Waals surface area contributed by atoms with E-state index in [2.05, 4.69) is 19.5 Å². The molecule has 0 aliphatic carbocycles. The highest BCUT2D eigenvalue weighted by Gasteiger charge is 2.48. The molecule has 3 heterocycles. The standard InChI is InChI=1S/C10H14N5O8P.C5H12O5/c11-10-13-7-4(8(18)14-10)12-2-15(7)9-6(23-24(19,20)21)5(17)3(1-16)22-9;6-1-3(8)5(10)4(9)2-7/h2-3,5-6,9,16-17H,1H2,(H2,19,20,21)(H3,11,13,14,18);3-10H,1-2H2/t3-,5-,6-,9-;3-,4+,5?/m1./s1. The second-order valence-electron chi connectivity index (χ2n) is 7.06. The van der Waals surface area contributed by atoms with E-state index in [4.69, 9.17) is 45.8 Å². The van der Waals surface area contributed by atoms with Gasteiger partial charge in [-0.3, -0.25) is 18.9 Å². The Balaban J connectivity index is 0.000000347. The first kappa shape index (κ1) is 28.2. The van der Waals surface area contributed by atoms with Gasteiger partial charge in [-0.1, -0.05) is 0 Å². The SMILES string of the molecule is Nc1nc2c(ncn2[C@@H]2O[C@H](CO)[C@@H](O)[C@H]2OP(=O)(O)O)c(=O)[nH]1.OC[C@@H](O)C(O)[C@@H](O)CO. The molecule has 0 radical (unpaired) electrons. The molecule has 194 valence electrons. The van der Waals surface area contributed by atoms with Crippen LogP contribution in [0.4, 0.5) is 5.95 Å². The maximum Gasteiger partial charge on any atom is 0.470 e. The molecule has 0 amide bonds. The minimum absolute atomic E-state index is 0.0358. The van der Waals surface area contributed by atoms with Crippen molar-refractivity contribution in [3.63, 3.8) is 0 Å². The Morgan fingerprint density at radius 2 is 1.79 bits per heavy atom. The molecule has 3 rings (SSSR count). The summed E-state index contributed by atoms with van der Waals surface area (Å²) in [7, 11) is -4.98. The molecule has 34 heavy (non-hydrogen) atoms. The molecular weight excluding hydrogens is 489 g/mol. The highest BCUT2D eigenvalue weighted by molar-refractivity contribution is 7.46. The molecular formula is C15H26N5O13P. The van der Waals surface area contributed by atoms with Gasteiger partial charge >= 0.3 is 7.82 Å². The number of nitrogens with zero attached hydrogens (tertiary/aromatic N) is 3. The van der Waals surface area contributed by atoms with Crippen LogP contribution in [0.25, 0.3) is 11.2 Å². The third-order valence-electron chi connectivity index (χ3n) is 4.64. The lowest BCUT2D eigenvalue weighted by molar-refractivity contribution is -0.0900. The minimum atomic E-state index is -4.98. The molecule has 1 unspecified atom stereocenters. The van der Waals surface area contributed by atoms with Crippen molar-refractivity contribution in [2.75, 3.05) is 25.6 Å². The van der Waals surface area contributed by atoms with Gasteiger partial charge in [-0.15, -0.1) is 0 Å². The van der Waals surface area contributed by atoms with Crippen molar-refractivity contribution in [1.29, 1.82) is 0 Å². The number of phosphoric ester groups is 1. The molecule has 1 aliphatic rings. The zero-order valence-electron chi connectivity index (χ0n) is 17.3. The lowest BCUT2D eigenvalue weighted by Gasteiger charge is -2.22. The van der Waals surface area contributed by atoms with Gasteiger partial charge < -0.3 is 56.0 Å². The van der Waals surface area contributed by atoms with Gasteiger partial charge in [0.25, 0.3) is 5.56 Å². The number of nitrogens with two attached hydrogens (primary N) is 1. The number of hydrogen-bond donors (Lipinski definition) is 11. The summed E-state index contributed by atoms with van der Waals surface area (Å²) in [5.74, 6) is -0.209. The number of aromatic nitrogens is 4. The van der Waals surface area contributed by atoms with Crippen molar-refractivity contribution < 1.29 is 59.4 Å². The van der Waals surface area contributed by atoms with E-state index < -0.39 is 76.1 Å². The summed E-state index contributed by atoms with van der Waals surface area (Å²) in [6.07, 6.45) is -8.71. The number of imidazole rings is 1. The molecule has 0 saturated carbocycles.